The van der Waals surface area contributed by atoms with Crippen LogP contribution in [0.3, 0.4) is 0 Å². The van der Waals surface area contributed by atoms with E-state index in [1.54, 1.807) is 23.4 Å². The van der Waals surface area contributed by atoms with Gasteiger partial charge in [-0.15, -0.1) is 0 Å². The van der Waals surface area contributed by atoms with Gasteiger partial charge in [0.25, 0.3) is 0 Å². The molecular formula is C40H45F3N4O3. The minimum Gasteiger partial charge on any atom is -0.444 e. The molecular weight excluding hydrogens is 641 g/mol. The zero-order valence-corrected chi connectivity index (χ0v) is 28.9. The molecule has 0 bridgehead atoms. The molecule has 3 aromatic carbocycles. The third-order valence-electron chi connectivity index (χ3n) is 8.69. The number of hydrogen-bond donors (Lipinski definition) is 1. The Morgan fingerprint density at radius 1 is 0.760 bits per heavy atom. The van der Waals surface area contributed by atoms with Crippen LogP contribution in [0, 0.1) is 5.92 Å². The summed E-state index contributed by atoms with van der Waals surface area (Å²) >= 11 is 0. The molecule has 1 saturated carbocycles. The highest BCUT2D eigenvalue weighted by atomic mass is 19.4. The second-order valence-electron chi connectivity index (χ2n) is 14.0. The van der Waals surface area contributed by atoms with Crippen LogP contribution in [0.15, 0.2) is 97.3 Å². The number of carbonyl (C=O) groups excluding carboxylic acids is 2. The van der Waals surface area contributed by atoms with Crippen molar-refractivity contribution in [3.05, 3.63) is 120 Å². The number of alkyl halides is 3. The molecule has 3 amide bonds. The van der Waals surface area contributed by atoms with Crippen LogP contribution in [-0.4, -0.2) is 39.1 Å². The number of halogens is 3. The van der Waals surface area contributed by atoms with Crippen LogP contribution in [0.25, 0.3) is 11.1 Å². The summed E-state index contributed by atoms with van der Waals surface area (Å²) in [6.45, 7) is 7.36. The predicted octanol–water partition coefficient (Wildman–Crippen LogP) is 10.3. The summed E-state index contributed by atoms with van der Waals surface area (Å²) < 4.78 is 44.8. The third kappa shape index (κ3) is 10.8. The Morgan fingerprint density at radius 2 is 1.32 bits per heavy atom. The highest BCUT2D eigenvalue weighted by Gasteiger charge is 2.30. The standard InChI is InChI=1S/C40H45F3N4O3/c1-39(2,3)50-38(49)47(26-29-8-5-4-6-9-29)27-31-13-17-34(18-14-31)33-15-11-30(12-16-33)25-46(28-32-10-7-23-44-24-32)37(48)45-36-21-19-35(20-22-36)40(41,42)43/h7,10-24,29H,4-6,8-9,25-28H2,1-3H3,(H,45,48). The third-order valence-corrected chi connectivity index (χ3v) is 8.69. The molecule has 1 aliphatic rings. The maximum absolute atomic E-state index is 13.4. The van der Waals surface area contributed by atoms with Gasteiger partial charge < -0.3 is 19.9 Å². The average Bonchev–Trinajstić information content (AvgIpc) is 3.08. The molecule has 1 aliphatic carbocycles. The second-order valence-corrected chi connectivity index (χ2v) is 14.0. The zero-order valence-electron chi connectivity index (χ0n) is 28.9. The molecule has 0 saturated heterocycles. The number of nitrogens with one attached hydrogen (secondary N) is 1. The van der Waals surface area contributed by atoms with Crippen LogP contribution < -0.4 is 5.32 Å². The first-order valence-electron chi connectivity index (χ1n) is 17.1. The normalized spacial score (nSPS) is 13.8. The minimum absolute atomic E-state index is 0.255. The maximum Gasteiger partial charge on any atom is 0.416 e. The molecule has 0 atom stereocenters. The molecule has 0 aliphatic heterocycles. The number of nitrogens with zero attached hydrogens (tertiary/aromatic N) is 3. The van der Waals surface area contributed by atoms with E-state index in [0.29, 0.717) is 19.0 Å². The molecule has 1 heterocycles. The number of amides is 3. The molecule has 0 unspecified atom stereocenters. The lowest BCUT2D eigenvalue weighted by Crippen LogP contribution is -2.39. The molecule has 0 radical (unpaired) electrons. The van der Waals surface area contributed by atoms with E-state index in [-0.39, 0.29) is 24.9 Å². The SMILES string of the molecule is CC(C)(C)OC(=O)N(Cc1ccc(-c2ccc(CN(Cc3cccnc3)C(=O)Nc3ccc(C(F)(F)F)cc3)cc2)cc1)CC1CCCCC1. The Bertz CT molecular complexity index is 1680. The first kappa shape index (κ1) is 36.4. The monoisotopic (exact) mass is 686 g/mol. The highest BCUT2D eigenvalue weighted by Crippen LogP contribution is 2.30. The van der Waals surface area contributed by atoms with Crippen molar-refractivity contribution in [2.75, 3.05) is 11.9 Å². The Labute approximate surface area is 292 Å². The van der Waals surface area contributed by atoms with Crippen LogP contribution in [0.5, 0.6) is 0 Å². The van der Waals surface area contributed by atoms with Gasteiger partial charge in [0, 0.05) is 44.3 Å². The lowest BCUT2D eigenvalue weighted by molar-refractivity contribution is -0.137. The van der Waals surface area contributed by atoms with Gasteiger partial charge in [-0.05, 0) is 97.7 Å². The number of ether oxygens (including phenoxy) is 1. The van der Waals surface area contributed by atoms with Gasteiger partial charge in [-0.2, -0.15) is 13.2 Å². The zero-order chi connectivity index (χ0) is 35.7. The maximum atomic E-state index is 13.4. The summed E-state index contributed by atoms with van der Waals surface area (Å²) in [6, 6.07) is 23.7. The average molecular weight is 687 g/mol. The Kier molecular flexibility index (Phi) is 11.8. The van der Waals surface area contributed by atoms with E-state index in [1.807, 2.05) is 80.3 Å². The number of benzene rings is 3. The molecule has 7 nitrogen and oxygen atoms in total. The van der Waals surface area contributed by atoms with Crippen LogP contribution in [0.1, 0.15) is 75.1 Å². The first-order valence-corrected chi connectivity index (χ1v) is 17.1. The summed E-state index contributed by atoms with van der Waals surface area (Å²) in [5.74, 6) is 0.491. The smallest absolute Gasteiger partial charge is 0.416 e. The summed E-state index contributed by atoms with van der Waals surface area (Å²) in [5.41, 5.74) is 3.66. The topological polar surface area (TPSA) is 74.8 Å². The summed E-state index contributed by atoms with van der Waals surface area (Å²) in [7, 11) is 0. The fraction of sp³-hybridized carbons (Fsp3) is 0.375. The van der Waals surface area contributed by atoms with Crippen molar-refractivity contribution in [2.24, 2.45) is 5.92 Å². The molecule has 10 heteroatoms. The fourth-order valence-corrected chi connectivity index (χ4v) is 6.11. The molecule has 5 rings (SSSR count). The number of anilines is 1. The number of carbonyl (C=O) groups is 2. The molecule has 1 aromatic heterocycles. The molecule has 4 aromatic rings. The number of rotatable bonds is 10. The molecule has 1 fully saturated rings. The van der Waals surface area contributed by atoms with E-state index in [0.717, 1.165) is 52.8 Å². The van der Waals surface area contributed by atoms with Gasteiger partial charge in [0.1, 0.15) is 5.60 Å². The predicted molar refractivity (Wildman–Crippen MR) is 189 cm³/mol. The van der Waals surface area contributed by atoms with E-state index < -0.39 is 23.4 Å². The van der Waals surface area contributed by atoms with Crippen molar-refractivity contribution in [3.63, 3.8) is 0 Å². The second kappa shape index (κ2) is 16.2. The number of hydrogen-bond acceptors (Lipinski definition) is 4. The first-order chi connectivity index (χ1) is 23.8. The highest BCUT2D eigenvalue weighted by molar-refractivity contribution is 5.89. The van der Waals surface area contributed by atoms with Gasteiger partial charge in [-0.25, -0.2) is 9.59 Å². The molecule has 0 spiro atoms. The molecule has 50 heavy (non-hydrogen) atoms. The van der Waals surface area contributed by atoms with E-state index in [2.05, 4.69) is 10.3 Å². The number of pyridine rings is 1. The molecule has 1 N–H and O–H groups in total. The van der Waals surface area contributed by atoms with Crippen LogP contribution in [-0.2, 0) is 30.5 Å². The van der Waals surface area contributed by atoms with Gasteiger partial charge in [-0.1, -0.05) is 73.9 Å². The lowest BCUT2D eigenvalue weighted by Gasteiger charge is -2.32. The Hall–Kier alpha value is -4.86. The fourth-order valence-electron chi connectivity index (χ4n) is 6.11. The lowest BCUT2D eigenvalue weighted by atomic mass is 9.89. The van der Waals surface area contributed by atoms with Crippen molar-refractivity contribution < 1.29 is 27.5 Å². The van der Waals surface area contributed by atoms with Gasteiger partial charge in [0.05, 0.1) is 5.56 Å². The summed E-state index contributed by atoms with van der Waals surface area (Å²) in [5, 5.41) is 2.72. The van der Waals surface area contributed by atoms with E-state index in [9.17, 15) is 22.8 Å². The summed E-state index contributed by atoms with van der Waals surface area (Å²) in [4.78, 5) is 34.1. The minimum atomic E-state index is -4.46. The van der Waals surface area contributed by atoms with Gasteiger partial charge in [0.15, 0.2) is 0 Å². The quantitative estimate of drug-likeness (QED) is 0.180. The van der Waals surface area contributed by atoms with Crippen molar-refractivity contribution in [1.82, 2.24) is 14.8 Å². The van der Waals surface area contributed by atoms with Crippen LogP contribution in [0.2, 0.25) is 0 Å². The van der Waals surface area contributed by atoms with Crippen LogP contribution in [0.4, 0.5) is 28.4 Å². The van der Waals surface area contributed by atoms with E-state index >= 15 is 0 Å². The Balaban J connectivity index is 1.25. The van der Waals surface area contributed by atoms with Crippen molar-refractivity contribution in [2.45, 2.75) is 84.3 Å². The number of aromatic nitrogens is 1. The molecule has 264 valence electrons. The number of urea groups is 1. The largest absolute Gasteiger partial charge is 0.444 e. The van der Waals surface area contributed by atoms with E-state index in [1.165, 1.54) is 31.4 Å². The van der Waals surface area contributed by atoms with Gasteiger partial charge in [-0.3, -0.25) is 4.98 Å². The van der Waals surface area contributed by atoms with Crippen LogP contribution >= 0.6 is 0 Å². The van der Waals surface area contributed by atoms with Gasteiger partial charge in [0.2, 0.25) is 0 Å². The summed E-state index contributed by atoms with van der Waals surface area (Å²) in [6.07, 6.45) is 4.53. The van der Waals surface area contributed by atoms with Crippen molar-refractivity contribution in [1.29, 1.82) is 0 Å². The Morgan fingerprint density at radius 3 is 1.84 bits per heavy atom. The van der Waals surface area contributed by atoms with E-state index in [4.69, 9.17) is 4.74 Å². The van der Waals surface area contributed by atoms with Crippen molar-refractivity contribution in [3.8, 4) is 11.1 Å². The van der Waals surface area contributed by atoms with Crippen molar-refractivity contribution >= 4 is 17.8 Å². The van der Waals surface area contributed by atoms with Gasteiger partial charge >= 0.3 is 18.3 Å².